The summed E-state index contributed by atoms with van der Waals surface area (Å²) in [7, 11) is 3.19. The van der Waals surface area contributed by atoms with Gasteiger partial charge >= 0.3 is 0 Å². The predicted molar refractivity (Wildman–Crippen MR) is 101 cm³/mol. The van der Waals surface area contributed by atoms with Gasteiger partial charge in [-0.2, -0.15) is 0 Å². The van der Waals surface area contributed by atoms with E-state index >= 15 is 0 Å². The second kappa shape index (κ2) is 6.95. The Labute approximate surface area is 155 Å². The van der Waals surface area contributed by atoms with Gasteiger partial charge in [0, 0.05) is 24.9 Å². The van der Waals surface area contributed by atoms with Crippen molar-refractivity contribution in [2.45, 2.75) is 6.42 Å². The minimum Gasteiger partial charge on any atom is -0.493 e. The van der Waals surface area contributed by atoms with Crippen LogP contribution in [-0.4, -0.2) is 33.8 Å². The van der Waals surface area contributed by atoms with Gasteiger partial charge in [-0.3, -0.25) is 14.9 Å². The molecule has 0 fully saturated rings. The fourth-order valence-corrected chi connectivity index (χ4v) is 3.03. The van der Waals surface area contributed by atoms with E-state index in [-0.39, 0.29) is 5.56 Å². The molecule has 3 heterocycles. The zero-order chi connectivity index (χ0) is 18.8. The molecule has 0 atom stereocenters. The Morgan fingerprint density at radius 3 is 2.67 bits per heavy atom. The molecule has 3 aromatic heterocycles. The quantitative estimate of drug-likeness (QED) is 0.590. The van der Waals surface area contributed by atoms with Crippen LogP contribution in [0.15, 0.2) is 59.7 Å². The molecule has 0 saturated carbocycles. The number of H-pyrrole nitrogens is 1. The van der Waals surface area contributed by atoms with Gasteiger partial charge in [0.15, 0.2) is 17.1 Å². The Balaban J connectivity index is 1.76. The molecule has 0 aliphatic carbocycles. The maximum absolute atomic E-state index is 12.5. The van der Waals surface area contributed by atoms with Gasteiger partial charge in [-0.25, -0.2) is 9.50 Å². The number of ether oxygens (including phenoxy) is 2. The summed E-state index contributed by atoms with van der Waals surface area (Å²) in [6.45, 7) is 0. The highest BCUT2D eigenvalue weighted by atomic mass is 16.5. The van der Waals surface area contributed by atoms with Gasteiger partial charge in [-0.1, -0.05) is 12.1 Å². The minimum atomic E-state index is -0.169. The van der Waals surface area contributed by atoms with E-state index in [1.54, 1.807) is 26.6 Å². The van der Waals surface area contributed by atoms with E-state index in [4.69, 9.17) is 9.47 Å². The Bertz CT molecular complexity index is 1150. The highest BCUT2D eigenvalue weighted by molar-refractivity contribution is 5.74. The number of aromatic amines is 1. The van der Waals surface area contributed by atoms with Crippen LogP contribution in [0.25, 0.3) is 16.9 Å². The van der Waals surface area contributed by atoms with Crippen molar-refractivity contribution in [1.29, 1.82) is 0 Å². The lowest BCUT2D eigenvalue weighted by Gasteiger charge is -2.09. The third-order valence-electron chi connectivity index (χ3n) is 4.32. The molecule has 27 heavy (non-hydrogen) atoms. The minimum absolute atomic E-state index is 0.169. The van der Waals surface area contributed by atoms with Gasteiger partial charge in [-0.15, -0.1) is 0 Å². The molecule has 0 amide bonds. The van der Waals surface area contributed by atoms with Crippen molar-refractivity contribution in [2.24, 2.45) is 0 Å². The Morgan fingerprint density at radius 1 is 1.07 bits per heavy atom. The summed E-state index contributed by atoms with van der Waals surface area (Å²) in [6, 6.07) is 12.8. The van der Waals surface area contributed by atoms with Gasteiger partial charge < -0.3 is 9.47 Å². The molecule has 0 spiro atoms. The fraction of sp³-hybridized carbons (Fsp3) is 0.150. The number of nitrogens with one attached hydrogen (secondary N) is 1. The lowest BCUT2D eigenvalue weighted by molar-refractivity contribution is 0.354. The van der Waals surface area contributed by atoms with Crippen LogP contribution in [0.3, 0.4) is 0 Å². The molecule has 1 N–H and O–H groups in total. The standard InChI is InChI=1S/C20H18N4O3/c1-26-17-7-6-13(10-18(17)27-2)9-14-11-19(25)24-20(23-14)15(12-22-24)16-5-3-4-8-21-16/h3-8,10-12,22H,9H2,1-2H3. The van der Waals surface area contributed by atoms with E-state index in [0.29, 0.717) is 29.3 Å². The summed E-state index contributed by atoms with van der Waals surface area (Å²) >= 11 is 0. The van der Waals surface area contributed by atoms with Gasteiger partial charge in [0.1, 0.15) is 0 Å². The van der Waals surface area contributed by atoms with E-state index in [2.05, 4.69) is 15.1 Å². The molecule has 4 rings (SSSR count). The molecule has 0 unspecified atom stereocenters. The van der Waals surface area contributed by atoms with Crippen molar-refractivity contribution < 1.29 is 9.47 Å². The molecule has 7 nitrogen and oxygen atoms in total. The molecule has 4 aromatic rings. The van der Waals surface area contributed by atoms with Crippen molar-refractivity contribution in [1.82, 2.24) is 19.6 Å². The lowest BCUT2D eigenvalue weighted by Crippen LogP contribution is -2.15. The molecule has 0 bridgehead atoms. The first-order valence-corrected chi connectivity index (χ1v) is 8.42. The topological polar surface area (TPSA) is 81.5 Å². The van der Waals surface area contributed by atoms with E-state index < -0.39 is 0 Å². The normalized spacial score (nSPS) is 10.9. The maximum Gasteiger partial charge on any atom is 0.272 e. The average Bonchev–Trinajstić information content (AvgIpc) is 3.13. The molecule has 7 heteroatoms. The number of methoxy groups -OCH3 is 2. The molecule has 0 aliphatic heterocycles. The predicted octanol–water partition coefficient (Wildman–Crippen LogP) is 2.69. The van der Waals surface area contributed by atoms with Crippen LogP contribution in [0.2, 0.25) is 0 Å². The average molecular weight is 362 g/mol. The summed E-state index contributed by atoms with van der Waals surface area (Å²) in [5.41, 5.74) is 3.56. The van der Waals surface area contributed by atoms with Crippen LogP contribution < -0.4 is 15.0 Å². The van der Waals surface area contributed by atoms with Gasteiger partial charge in [0.25, 0.3) is 5.56 Å². The van der Waals surface area contributed by atoms with Crippen LogP contribution in [0.1, 0.15) is 11.3 Å². The Hall–Kier alpha value is -3.61. The van der Waals surface area contributed by atoms with E-state index in [0.717, 1.165) is 16.8 Å². The lowest BCUT2D eigenvalue weighted by atomic mass is 10.1. The first kappa shape index (κ1) is 16.8. The van der Waals surface area contributed by atoms with Crippen molar-refractivity contribution >= 4 is 5.65 Å². The van der Waals surface area contributed by atoms with Crippen LogP contribution in [0, 0.1) is 0 Å². The van der Waals surface area contributed by atoms with Crippen molar-refractivity contribution in [3.63, 3.8) is 0 Å². The van der Waals surface area contributed by atoms with E-state index in [1.807, 2.05) is 36.4 Å². The number of hydrogen-bond donors (Lipinski definition) is 1. The number of fused-ring (bicyclic) bond motifs is 1. The molecular formula is C20H18N4O3. The van der Waals surface area contributed by atoms with Crippen molar-refractivity contribution in [2.75, 3.05) is 14.2 Å². The molecule has 0 radical (unpaired) electrons. The SMILES string of the molecule is COc1ccc(Cc2cc(=O)n3[nH]cc(-c4ccccn4)c3n2)cc1OC. The van der Waals surface area contributed by atoms with E-state index in [9.17, 15) is 4.79 Å². The molecular weight excluding hydrogens is 344 g/mol. The highest BCUT2D eigenvalue weighted by Gasteiger charge is 2.13. The van der Waals surface area contributed by atoms with Gasteiger partial charge in [-0.05, 0) is 29.8 Å². The summed E-state index contributed by atoms with van der Waals surface area (Å²) in [6.07, 6.45) is 3.95. The molecule has 0 aliphatic rings. The summed E-state index contributed by atoms with van der Waals surface area (Å²) in [4.78, 5) is 21.5. The van der Waals surface area contributed by atoms with Crippen LogP contribution >= 0.6 is 0 Å². The molecule has 1 aromatic carbocycles. The first-order valence-electron chi connectivity index (χ1n) is 8.42. The van der Waals surface area contributed by atoms with Crippen molar-refractivity contribution in [3.05, 3.63) is 76.5 Å². The smallest absolute Gasteiger partial charge is 0.272 e. The summed E-state index contributed by atoms with van der Waals surface area (Å²) < 4.78 is 12.0. The van der Waals surface area contributed by atoms with Crippen LogP contribution in [0.5, 0.6) is 11.5 Å². The Morgan fingerprint density at radius 2 is 1.93 bits per heavy atom. The number of hydrogen-bond acceptors (Lipinski definition) is 5. The maximum atomic E-state index is 12.5. The number of pyridine rings is 1. The van der Waals surface area contributed by atoms with E-state index in [1.165, 1.54) is 10.6 Å². The molecule has 0 saturated heterocycles. The molecule has 136 valence electrons. The number of nitrogens with zero attached hydrogens (tertiary/aromatic N) is 3. The second-order valence-corrected chi connectivity index (χ2v) is 6.01. The Kier molecular flexibility index (Phi) is 4.33. The van der Waals surface area contributed by atoms with Gasteiger partial charge in [0.2, 0.25) is 0 Å². The number of rotatable bonds is 5. The fourth-order valence-electron chi connectivity index (χ4n) is 3.03. The van der Waals surface area contributed by atoms with Crippen molar-refractivity contribution in [3.8, 4) is 22.8 Å². The second-order valence-electron chi connectivity index (χ2n) is 6.01. The highest BCUT2D eigenvalue weighted by Crippen LogP contribution is 2.28. The zero-order valence-corrected chi connectivity index (χ0v) is 15.0. The zero-order valence-electron chi connectivity index (χ0n) is 15.0. The van der Waals surface area contributed by atoms with Crippen LogP contribution in [-0.2, 0) is 6.42 Å². The first-order chi connectivity index (χ1) is 13.2. The summed E-state index contributed by atoms with van der Waals surface area (Å²) in [5.74, 6) is 1.30. The largest absolute Gasteiger partial charge is 0.493 e. The number of benzene rings is 1. The van der Waals surface area contributed by atoms with Gasteiger partial charge in [0.05, 0.1) is 31.2 Å². The van der Waals surface area contributed by atoms with Crippen LogP contribution in [0.4, 0.5) is 0 Å². The number of aromatic nitrogens is 4. The third-order valence-corrected chi connectivity index (χ3v) is 4.32. The monoisotopic (exact) mass is 362 g/mol. The third kappa shape index (κ3) is 3.15. The summed E-state index contributed by atoms with van der Waals surface area (Å²) in [5, 5.41) is 2.94.